The molecule has 10 heteroatoms. The Labute approximate surface area is 155 Å². The van der Waals surface area contributed by atoms with Gasteiger partial charge in [0.25, 0.3) is 0 Å². The van der Waals surface area contributed by atoms with Gasteiger partial charge in [0, 0.05) is 6.07 Å². The molecule has 142 valence electrons. The summed E-state index contributed by atoms with van der Waals surface area (Å²) in [5.74, 6) is -1.35. The SMILES string of the molecule is O=C(O)COc1ccc(N2C=C(O)NS2(=O)=O)c(OCc2ccccc2)c1. The number of benzene rings is 2. The average Bonchev–Trinajstić information content (AvgIpc) is 2.91. The molecule has 3 rings (SSSR count). The molecule has 3 N–H and O–H groups in total. The Bertz CT molecular complexity index is 974. The van der Waals surface area contributed by atoms with Gasteiger partial charge in [-0.15, -0.1) is 0 Å². The lowest BCUT2D eigenvalue weighted by Crippen LogP contribution is -2.29. The number of aliphatic hydroxyl groups excluding tert-OH is 1. The zero-order chi connectivity index (χ0) is 19.4. The smallest absolute Gasteiger partial charge is 0.341 e. The van der Waals surface area contributed by atoms with Crippen molar-refractivity contribution in [3.05, 3.63) is 66.2 Å². The number of carboxylic acids is 1. The molecule has 0 saturated heterocycles. The molecule has 0 saturated carbocycles. The zero-order valence-electron chi connectivity index (χ0n) is 13.9. The van der Waals surface area contributed by atoms with E-state index in [4.69, 9.17) is 14.6 Å². The summed E-state index contributed by atoms with van der Waals surface area (Å²) in [5, 5.41) is 18.2. The van der Waals surface area contributed by atoms with Gasteiger partial charge in [0.05, 0.1) is 6.20 Å². The summed E-state index contributed by atoms with van der Waals surface area (Å²) in [6.45, 7) is -0.408. The van der Waals surface area contributed by atoms with E-state index < -0.39 is 28.7 Å². The third-order valence-corrected chi connectivity index (χ3v) is 4.79. The number of nitrogens with one attached hydrogen (secondary N) is 1. The van der Waals surface area contributed by atoms with Crippen LogP contribution in [0.1, 0.15) is 5.56 Å². The molecule has 0 radical (unpaired) electrons. The minimum Gasteiger partial charge on any atom is -0.493 e. The topological polar surface area (TPSA) is 125 Å². The molecular formula is C17H16N2O7S. The van der Waals surface area contributed by atoms with Gasteiger partial charge in [-0.25, -0.2) is 13.8 Å². The molecule has 1 aliphatic rings. The molecule has 2 aromatic rings. The fraction of sp³-hybridized carbons (Fsp3) is 0.118. The second-order valence-corrected chi connectivity index (χ2v) is 7.05. The van der Waals surface area contributed by atoms with Crippen molar-refractivity contribution in [2.75, 3.05) is 10.9 Å². The molecule has 1 aliphatic heterocycles. The van der Waals surface area contributed by atoms with E-state index in [-0.39, 0.29) is 23.8 Å². The molecule has 0 amide bonds. The number of ether oxygens (including phenoxy) is 2. The molecule has 0 unspecified atom stereocenters. The molecular weight excluding hydrogens is 376 g/mol. The lowest BCUT2D eigenvalue weighted by molar-refractivity contribution is -0.139. The van der Waals surface area contributed by atoms with Crippen LogP contribution in [0.25, 0.3) is 0 Å². The fourth-order valence-corrected chi connectivity index (χ4v) is 3.41. The Morgan fingerprint density at radius 2 is 1.85 bits per heavy atom. The lowest BCUT2D eigenvalue weighted by Gasteiger charge is -2.19. The minimum absolute atomic E-state index is 0.130. The second kappa shape index (κ2) is 7.46. The Hall–Kier alpha value is -3.40. The van der Waals surface area contributed by atoms with E-state index in [9.17, 15) is 18.3 Å². The monoisotopic (exact) mass is 392 g/mol. The quantitative estimate of drug-likeness (QED) is 0.655. The van der Waals surface area contributed by atoms with E-state index in [2.05, 4.69) is 0 Å². The Morgan fingerprint density at radius 3 is 2.48 bits per heavy atom. The molecule has 0 fully saturated rings. The zero-order valence-corrected chi connectivity index (χ0v) is 14.7. The van der Waals surface area contributed by atoms with Crippen molar-refractivity contribution < 1.29 is 32.9 Å². The van der Waals surface area contributed by atoms with Gasteiger partial charge in [0.15, 0.2) is 6.61 Å². The van der Waals surface area contributed by atoms with Gasteiger partial charge in [-0.3, -0.25) is 0 Å². The first-order chi connectivity index (χ1) is 12.8. The molecule has 27 heavy (non-hydrogen) atoms. The third kappa shape index (κ3) is 4.42. The Kier molecular flexibility index (Phi) is 5.08. The molecule has 9 nitrogen and oxygen atoms in total. The number of hydrogen-bond donors (Lipinski definition) is 3. The van der Waals surface area contributed by atoms with Crippen molar-refractivity contribution in [1.29, 1.82) is 0 Å². The molecule has 0 spiro atoms. The Morgan fingerprint density at radius 1 is 1.11 bits per heavy atom. The van der Waals surface area contributed by atoms with Crippen molar-refractivity contribution in [2.24, 2.45) is 0 Å². The summed E-state index contributed by atoms with van der Waals surface area (Å²) in [6, 6.07) is 13.4. The van der Waals surface area contributed by atoms with E-state index in [0.29, 0.717) is 0 Å². The molecule has 0 bridgehead atoms. The third-order valence-electron chi connectivity index (χ3n) is 3.50. The minimum atomic E-state index is -4.01. The Balaban J connectivity index is 1.92. The lowest BCUT2D eigenvalue weighted by atomic mass is 10.2. The highest BCUT2D eigenvalue weighted by molar-refractivity contribution is 7.91. The average molecular weight is 392 g/mol. The van der Waals surface area contributed by atoms with Gasteiger partial charge >= 0.3 is 16.2 Å². The van der Waals surface area contributed by atoms with Crippen molar-refractivity contribution in [2.45, 2.75) is 6.61 Å². The first kappa shape index (κ1) is 18.4. The highest BCUT2D eigenvalue weighted by Gasteiger charge is 2.31. The van der Waals surface area contributed by atoms with E-state index in [1.807, 2.05) is 35.1 Å². The summed E-state index contributed by atoms with van der Waals surface area (Å²) >= 11 is 0. The molecule has 0 atom stereocenters. The number of carboxylic acid groups (broad SMARTS) is 1. The van der Waals surface area contributed by atoms with Gasteiger partial charge in [-0.1, -0.05) is 30.3 Å². The number of anilines is 1. The highest BCUT2D eigenvalue weighted by Crippen LogP contribution is 2.36. The predicted molar refractivity (Wildman–Crippen MR) is 95.6 cm³/mol. The van der Waals surface area contributed by atoms with Crippen molar-refractivity contribution in [1.82, 2.24) is 4.72 Å². The highest BCUT2D eigenvalue weighted by atomic mass is 32.2. The number of rotatable bonds is 7. The number of aliphatic carboxylic acids is 1. The van der Waals surface area contributed by atoms with Crippen LogP contribution in [0.4, 0.5) is 5.69 Å². The van der Waals surface area contributed by atoms with Gasteiger partial charge in [-0.2, -0.15) is 8.42 Å². The van der Waals surface area contributed by atoms with Gasteiger partial charge in [0.1, 0.15) is 23.8 Å². The van der Waals surface area contributed by atoms with Gasteiger partial charge in [0.2, 0.25) is 5.88 Å². The predicted octanol–water partition coefficient (Wildman–Crippen LogP) is 1.74. The maximum absolute atomic E-state index is 12.1. The second-order valence-electron chi connectivity index (χ2n) is 5.50. The van der Waals surface area contributed by atoms with Crippen molar-refractivity contribution >= 4 is 21.9 Å². The normalized spacial score (nSPS) is 15.0. The first-order valence-electron chi connectivity index (χ1n) is 7.73. The number of aliphatic hydroxyl groups is 1. The van der Waals surface area contributed by atoms with Crippen LogP contribution in [0.5, 0.6) is 11.5 Å². The largest absolute Gasteiger partial charge is 0.493 e. The van der Waals surface area contributed by atoms with Crippen LogP contribution in [0.3, 0.4) is 0 Å². The summed E-state index contributed by atoms with van der Waals surface area (Å²) in [6.07, 6.45) is 0.998. The van der Waals surface area contributed by atoms with Crippen LogP contribution in [-0.4, -0.2) is 31.2 Å². The number of carbonyl (C=O) groups is 1. The summed E-state index contributed by atoms with van der Waals surface area (Å²) in [4.78, 5) is 10.7. The number of nitrogens with zero attached hydrogens (tertiary/aromatic N) is 1. The molecule has 1 heterocycles. The van der Waals surface area contributed by atoms with Crippen molar-refractivity contribution in [3.63, 3.8) is 0 Å². The summed E-state index contributed by atoms with van der Waals surface area (Å²) in [7, 11) is -4.01. The van der Waals surface area contributed by atoms with Crippen LogP contribution in [0, 0.1) is 0 Å². The maximum Gasteiger partial charge on any atom is 0.341 e. The van der Waals surface area contributed by atoms with Crippen LogP contribution >= 0.6 is 0 Å². The van der Waals surface area contributed by atoms with Crippen LogP contribution in [0.2, 0.25) is 0 Å². The van der Waals surface area contributed by atoms with Crippen molar-refractivity contribution in [3.8, 4) is 11.5 Å². The standard InChI is InChI=1S/C17H16N2O7S/c20-16-9-19(27(23,24)18-16)14-7-6-13(25-11-17(21)22)8-15(14)26-10-12-4-2-1-3-5-12/h1-9,18,20H,10-11H2,(H,21,22). The van der Waals surface area contributed by atoms with Gasteiger partial charge in [-0.05, 0) is 17.7 Å². The van der Waals surface area contributed by atoms with E-state index in [1.54, 1.807) is 0 Å². The van der Waals surface area contributed by atoms with Crippen LogP contribution < -0.4 is 18.5 Å². The molecule has 0 aliphatic carbocycles. The number of hydrogen-bond acceptors (Lipinski definition) is 6. The van der Waals surface area contributed by atoms with Gasteiger partial charge < -0.3 is 19.7 Å². The first-order valence-corrected chi connectivity index (χ1v) is 9.17. The van der Waals surface area contributed by atoms with E-state index in [1.165, 1.54) is 18.2 Å². The fourth-order valence-electron chi connectivity index (χ4n) is 2.35. The summed E-state index contributed by atoms with van der Waals surface area (Å²) in [5.41, 5.74) is 0.978. The molecule has 0 aromatic heterocycles. The summed E-state index contributed by atoms with van der Waals surface area (Å²) < 4.78 is 37.9. The van der Waals surface area contributed by atoms with Crippen LogP contribution in [-0.2, 0) is 21.6 Å². The molecule has 2 aromatic carbocycles. The van der Waals surface area contributed by atoms with Crippen LogP contribution in [0.15, 0.2) is 60.6 Å². The maximum atomic E-state index is 12.1. The van der Waals surface area contributed by atoms with E-state index in [0.717, 1.165) is 16.1 Å². The van der Waals surface area contributed by atoms with E-state index >= 15 is 0 Å².